The van der Waals surface area contributed by atoms with Gasteiger partial charge in [0.15, 0.2) is 5.82 Å². The van der Waals surface area contributed by atoms with Crippen LogP contribution in [0.1, 0.15) is 5.69 Å². The molecule has 22 heavy (non-hydrogen) atoms. The molecule has 0 aromatic carbocycles. The number of hydrogen-bond donors (Lipinski definition) is 1. The molecule has 120 valence electrons. The van der Waals surface area contributed by atoms with E-state index in [0.29, 0.717) is 45.1 Å². The molecule has 0 unspecified atom stereocenters. The van der Waals surface area contributed by atoms with E-state index in [1.54, 1.807) is 9.58 Å². The summed E-state index contributed by atoms with van der Waals surface area (Å²) in [6, 6.07) is 0. The molecule has 2 amide bonds. The van der Waals surface area contributed by atoms with E-state index in [9.17, 15) is 9.59 Å². The minimum absolute atomic E-state index is 0.360. The largest absolute Gasteiger partial charge is 0.465 e. The maximum absolute atomic E-state index is 11.9. The van der Waals surface area contributed by atoms with Crippen LogP contribution in [0.5, 0.6) is 0 Å². The number of carboxylic acid groups (broad SMARTS) is 1. The van der Waals surface area contributed by atoms with Gasteiger partial charge in [-0.25, -0.2) is 9.59 Å². The second-order valence-corrected chi connectivity index (χ2v) is 5.40. The highest BCUT2D eigenvalue weighted by atomic mass is 16.6. The summed E-state index contributed by atoms with van der Waals surface area (Å²) in [6.45, 7) is 4.75. The molecule has 2 fully saturated rings. The topological polar surface area (TPSA) is 91.1 Å². The van der Waals surface area contributed by atoms with Gasteiger partial charge in [-0.2, -0.15) is 5.10 Å². The smallest absolute Gasteiger partial charge is 0.414 e. The van der Waals surface area contributed by atoms with E-state index in [4.69, 9.17) is 9.84 Å². The summed E-state index contributed by atoms with van der Waals surface area (Å²) in [5.41, 5.74) is 1.64. The third-order valence-electron chi connectivity index (χ3n) is 4.17. The van der Waals surface area contributed by atoms with Gasteiger partial charge in [-0.05, 0) is 6.92 Å². The van der Waals surface area contributed by atoms with Crippen molar-refractivity contribution in [3.63, 3.8) is 0 Å². The normalized spacial score (nSPS) is 18.8. The van der Waals surface area contributed by atoms with Crippen molar-refractivity contribution in [1.29, 1.82) is 0 Å². The summed E-state index contributed by atoms with van der Waals surface area (Å²) < 4.78 is 6.76. The highest BCUT2D eigenvalue weighted by Crippen LogP contribution is 2.34. The average Bonchev–Trinajstić information content (AvgIpc) is 3.03. The van der Waals surface area contributed by atoms with E-state index in [1.807, 2.05) is 18.9 Å². The lowest BCUT2D eigenvalue weighted by atomic mass is 10.2. The van der Waals surface area contributed by atoms with Crippen LogP contribution in [0.2, 0.25) is 0 Å². The molecule has 0 aliphatic carbocycles. The molecular formula is C13H19N5O4. The Morgan fingerprint density at radius 3 is 2.45 bits per heavy atom. The van der Waals surface area contributed by atoms with Crippen LogP contribution in [0.4, 0.5) is 21.1 Å². The van der Waals surface area contributed by atoms with E-state index >= 15 is 0 Å². The number of anilines is 2. The number of nitrogens with zero attached hydrogens (tertiary/aromatic N) is 5. The fourth-order valence-corrected chi connectivity index (χ4v) is 2.81. The first-order valence-electron chi connectivity index (χ1n) is 7.19. The Morgan fingerprint density at radius 1 is 1.23 bits per heavy atom. The minimum Gasteiger partial charge on any atom is -0.465 e. The summed E-state index contributed by atoms with van der Waals surface area (Å²) in [5.74, 6) is 0.712. The van der Waals surface area contributed by atoms with Crippen LogP contribution in [0.15, 0.2) is 0 Å². The zero-order chi connectivity index (χ0) is 15.9. The van der Waals surface area contributed by atoms with Crippen LogP contribution in [-0.2, 0) is 11.8 Å². The average molecular weight is 309 g/mol. The van der Waals surface area contributed by atoms with Crippen molar-refractivity contribution in [3.05, 3.63) is 5.69 Å². The first-order chi connectivity index (χ1) is 10.5. The molecule has 9 nitrogen and oxygen atoms in total. The van der Waals surface area contributed by atoms with Gasteiger partial charge < -0.3 is 19.6 Å². The van der Waals surface area contributed by atoms with Crippen LogP contribution >= 0.6 is 0 Å². The van der Waals surface area contributed by atoms with Crippen molar-refractivity contribution in [2.45, 2.75) is 6.92 Å². The minimum atomic E-state index is -0.903. The number of ether oxygens (including phenoxy) is 1. The summed E-state index contributed by atoms with van der Waals surface area (Å²) in [5, 5.41) is 13.5. The van der Waals surface area contributed by atoms with Gasteiger partial charge in [-0.1, -0.05) is 0 Å². The van der Waals surface area contributed by atoms with Crippen molar-refractivity contribution < 1.29 is 19.4 Å². The zero-order valence-corrected chi connectivity index (χ0v) is 12.7. The van der Waals surface area contributed by atoms with Crippen LogP contribution < -0.4 is 9.80 Å². The Balaban J connectivity index is 1.87. The predicted molar refractivity (Wildman–Crippen MR) is 78.4 cm³/mol. The van der Waals surface area contributed by atoms with Crippen molar-refractivity contribution in [2.75, 3.05) is 49.1 Å². The quantitative estimate of drug-likeness (QED) is 0.854. The predicted octanol–water partition coefficient (Wildman–Crippen LogP) is 0.485. The number of carbonyl (C=O) groups is 2. The number of aromatic nitrogens is 2. The van der Waals surface area contributed by atoms with E-state index < -0.39 is 6.09 Å². The molecule has 3 rings (SSSR count). The van der Waals surface area contributed by atoms with Crippen molar-refractivity contribution in [3.8, 4) is 0 Å². The van der Waals surface area contributed by atoms with E-state index in [-0.39, 0.29) is 6.09 Å². The maximum Gasteiger partial charge on any atom is 0.414 e. The highest BCUT2D eigenvalue weighted by Gasteiger charge is 2.33. The third-order valence-corrected chi connectivity index (χ3v) is 4.17. The Bertz CT molecular complexity index is 606. The number of carbonyl (C=O) groups excluding carboxylic acids is 1. The standard InChI is InChI=1S/C13H19N5O4/c1-9-10(18-7-8-22-13(18)21)11(14-15(9)2)16-3-5-17(6-4-16)12(19)20/h3-8H2,1-2H3,(H,19,20). The molecule has 3 heterocycles. The maximum atomic E-state index is 11.9. The highest BCUT2D eigenvalue weighted by molar-refractivity contribution is 5.94. The lowest BCUT2D eigenvalue weighted by Crippen LogP contribution is -2.48. The number of amides is 2. The molecule has 1 aromatic rings. The fraction of sp³-hybridized carbons (Fsp3) is 0.615. The van der Waals surface area contributed by atoms with E-state index in [1.165, 1.54) is 4.90 Å². The Hall–Kier alpha value is -2.45. The third kappa shape index (κ3) is 2.32. The molecule has 9 heteroatoms. The number of aryl methyl sites for hydroxylation is 1. The Labute approximate surface area is 127 Å². The second-order valence-electron chi connectivity index (χ2n) is 5.40. The van der Waals surface area contributed by atoms with Crippen molar-refractivity contribution >= 4 is 23.7 Å². The van der Waals surface area contributed by atoms with Crippen molar-refractivity contribution in [2.24, 2.45) is 7.05 Å². The fourth-order valence-electron chi connectivity index (χ4n) is 2.81. The molecule has 1 N–H and O–H groups in total. The molecule has 0 saturated carbocycles. The zero-order valence-electron chi connectivity index (χ0n) is 12.7. The molecule has 1 aromatic heterocycles. The summed E-state index contributed by atoms with van der Waals surface area (Å²) in [6.07, 6.45) is -1.26. The lowest BCUT2D eigenvalue weighted by molar-refractivity contribution is 0.142. The van der Waals surface area contributed by atoms with Gasteiger partial charge in [-0.3, -0.25) is 9.58 Å². The van der Waals surface area contributed by atoms with Crippen molar-refractivity contribution in [1.82, 2.24) is 14.7 Å². The SMILES string of the molecule is Cc1c(N2CCOC2=O)c(N2CCN(C(=O)O)CC2)nn1C. The van der Waals surface area contributed by atoms with Gasteiger partial charge in [0.25, 0.3) is 0 Å². The molecule has 0 radical (unpaired) electrons. The summed E-state index contributed by atoms with van der Waals surface area (Å²) in [4.78, 5) is 27.9. The molecule has 0 bridgehead atoms. The summed E-state index contributed by atoms with van der Waals surface area (Å²) >= 11 is 0. The number of rotatable bonds is 2. The molecule has 0 spiro atoms. The first kappa shape index (κ1) is 14.5. The number of hydrogen-bond acceptors (Lipinski definition) is 5. The Morgan fingerprint density at radius 2 is 1.91 bits per heavy atom. The van der Waals surface area contributed by atoms with E-state index in [2.05, 4.69) is 5.10 Å². The van der Waals surface area contributed by atoms with E-state index in [0.717, 1.165) is 11.4 Å². The second kappa shape index (κ2) is 5.39. The molecular weight excluding hydrogens is 290 g/mol. The van der Waals surface area contributed by atoms with Gasteiger partial charge in [0, 0.05) is 33.2 Å². The molecule has 2 aliphatic heterocycles. The van der Waals surface area contributed by atoms with Crippen LogP contribution in [0, 0.1) is 6.92 Å². The van der Waals surface area contributed by atoms with Gasteiger partial charge in [-0.15, -0.1) is 0 Å². The number of cyclic esters (lactones) is 1. The van der Waals surface area contributed by atoms with Crippen LogP contribution in [0.25, 0.3) is 0 Å². The molecule has 2 aliphatic rings. The lowest BCUT2D eigenvalue weighted by Gasteiger charge is -2.34. The molecule has 0 atom stereocenters. The monoisotopic (exact) mass is 309 g/mol. The van der Waals surface area contributed by atoms with Gasteiger partial charge in [0.2, 0.25) is 0 Å². The van der Waals surface area contributed by atoms with Crippen LogP contribution in [0.3, 0.4) is 0 Å². The molecule has 2 saturated heterocycles. The summed E-state index contributed by atoms with van der Waals surface area (Å²) in [7, 11) is 1.83. The van der Waals surface area contributed by atoms with Crippen LogP contribution in [-0.4, -0.2) is 71.3 Å². The first-order valence-corrected chi connectivity index (χ1v) is 7.19. The Kier molecular flexibility index (Phi) is 3.55. The van der Waals surface area contributed by atoms with Gasteiger partial charge in [0.05, 0.1) is 12.2 Å². The number of piperazine rings is 1. The van der Waals surface area contributed by atoms with Gasteiger partial charge in [0.1, 0.15) is 12.3 Å². The van der Waals surface area contributed by atoms with Gasteiger partial charge >= 0.3 is 12.2 Å².